The molecule has 0 saturated heterocycles. The molecule has 0 saturated carbocycles. The molecule has 2 N–H and O–H groups in total. The number of H-pyrrole nitrogens is 1. The molecule has 30 heavy (non-hydrogen) atoms. The standard InChI is InChI=1S/C20H20ClN5O4/c1-3-25(11-18-22-16-7-5-4-6-14(16)20(28)24-18)12(2)19(27)23-17-9-8-13(26(29)30)10-15(17)21/h4-10,12H,3,11H2,1-2H3,(H,23,27)(H,22,24,28). The van der Waals surface area contributed by atoms with Crippen molar-refractivity contribution in [3.63, 3.8) is 0 Å². The molecule has 0 fully saturated rings. The number of aromatic nitrogens is 2. The molecule has 10 heteroatoms. The number of nitrogens with zero attached hydrogens (tertiary/aromatic N) is 3. The summed E-state index contributed by atoms with van der Waals surface area (Å²) in [6, 6.07) is 10.3. The summed E-state index contributed by atoms with van der Waals surface area (Å²) in [4.78, 5) is 44.3. The predicted octanol–water partition coefficient (Wildman–Crippen LogP) is 3.33. The molecule has 3 aromatic rings. The van der Waals surface area contributed by atoms with E-state index in [1.807, 2.05) is 11.8 Å². The van der Waals surface area contributed by atoms with Gasteiger partial charge in [0.15, 0.2) is 0 Å². The van der Waals surface area contributed by atoms with Crippen molar-refractivity contribution in [2.24, 2.45) is 0 Å². The van der Waals surface area contributed by atoms with Gasteiger partial charge in [-0.2, -0.15) is 0 Å². The van der Waals surface area contributed by atoms with Crippen LogP contribution >= 0.6 is 11.6 Å². The number of carbonyl (C=O) groups excluding carboxylic acids is 1. The molecule has 0 aliphatic heterocycles. The van der Waals surface area contributed by atoms with Crippen molar-refractivity contribution >= 4 is 39.8 Å². The molecule has 1 amide bonds. The lowest BCUT2D eigenvalue weighted by atomic mass is 10.2. The molecular weight excluding hydrogens is 410 g/mol. The number of anilines is 1. The van der Waals surface area contributed by atoms with Crippen molar-refractivity contribution in [2.75, 3.05) is 11.9 Å². The van der Waals surface area contributed by atoms with E-state index in [1.54, 1.807) is 31.2 Å². The molecule has 2 aromatic carbocycles. The number of nitrogens with one attached hydrogen (secondary N) is 2. The average Bonchev–Trinajstić information content (AvgIpc) is 2.72. The molecule has 1 atom stereocenters. The average molecular weight is 430 g/mol. The van der Waals surface area contributed by atoms with Crippen molar-refractivity contribution in [2.45, 2.75) is 26.4 Å². The SMILES string of the molecule is CCN(Cc1nc2ccccc2c(=O)[nH]1)C(C)C(=O)Nc1ccc([N+](=O)[O-])cc1Cl. The maximum Gasteiger partial charge on any atom is 0.271 e. The highest BCUT2D eigenvalue weighted by molar-refractivity contribution is 6.34. The highest BCUT2D eigenvalue weighted by Crippen LogP contribution is 2.27. The number of amides is 1. The number of rotatable bonds is 7. The van der Waals surface area contributed by atoms with Crippen LogP contribution in [0.15, 0.2) is 47.3 Å². The number of nitro groups is 1. The summed E-state index contributed by atoms with van der Waals surface area (Å²) in [6.07, 6.45) is 0. The minimum absolute atomic E-state index is 0.0772. The fourth-order valence-electron chi connectivity index (χ4n) is 3.05. The zero-order valence-electron chi connectivity index (χ0n) is 16.4. The van der Waals surface area contributed by atoms with Gasteiger partial charge in [0.1, 0.15) is 5.82 Å². The summed E-state index contributed by atoms with van der Waals surface area (Å²) in [7, 11) is 0. The van der Waals surface area contributed by atoms with E-state index in [9.17, 15) is 19.7 Å². The van der Waals surface area contributed by atoms with Crippen molar-refractivity contribution in [1.29, 1.82) is 0 Å². The Labute approximate surface area is 176 Å². The number of para-hydroxylation sites is 1. The molecule has 0 aliphatic carbocycles. The van der Waals surface area contributed by atoms with Crippen molar-refractivity contribution in [3.8, 4) is 0 Å². The smallest absolute Gasteiger partial charge is 0.271 e. The van der Waals surface area contributed by atoms with Crippen LogP contribution in [0.4, 0.5) is 11.4 Å². The summed E-state index contributed by atoms with van der Waals surface area (Å²) in [6.45, 7) is 4.40. The number of likely N-dealkylation sites (N-methyl/N-ethyl adjacent to an activating group) is 1. The Hall–Kier alpha value is -3.30. The van der Waals surface area contributed by atoms with Crippen LogP contribution in [0, 0.1) is 10.1 Å². The van der Waals surface area contributed by atoms with Gasteiger partial charge in [-0.15, -0.1) is 0 Å². The van der Waals surface area contributed by atoms with Gasteiger partial charge in [0.25, 0.3) is 11.2 Å². The second-order valence-electron chi connectivity index (χ2n) is 6.68. The monoisotopic (exact) mass is 429 g/mol. The van der Waals surface area contributed by atoms with Gasteiger partial charge in [-0.1, -0.05) is 30.7 Å². The lowest BCUT2D eigenvalue weighted by Crippen LogP contribution is -2.42. The number of aromatic amines is 1. The Bertz CT molecular complexity index is 1160. The molecule has 156 valence electrons. The van der Waals surface area contributed by atoms with E-state index in [4.69, 9.17) is 11.6 Å². The van der Waals surface area contributed by atoms with E-state index in [0.29, 0.717) is 23.3 Å². The minimum atomic E-state index is -0.571. The maximum atomic E-state index is 12.7. The normalized spacial score (nSPS) is 12.1. The van der Waals surface area contributed by atoms with E-state index in [2.05, 4.69) is 15.3 Å². The third-order valence-corrected chi connectivity index (χ3v) is 5.08. The fraction of sp³-hybridized carbons (Fsp3) is 0.250. The second kappa shape index (κ2) is 9.02. The van der Waals surface area contributed by atoms with E-state index in [1.165, 1.54) is 18.2 Å². The van der Waals surface area contributed by atoms with Gasteiger partial charge >= 0.3 is 0 Å². The molecule has 0 spiro atoms. The maximum absolute atomic E-state index is 12.7. The number of benzene rings is 2. The Balaban J connectivity index is 1.76. The molecule has 0 bridgehead atoms. The summed E-state index contributed by atoms with van der Waals surface area (Å²) < 4.78 is 0. The quantitative estimate of drug-likeness (QED) is 0.439. The number of carbonyl (C=O) groups is 1. The molecular formula is C20H20ClN5O4. The second-order valence-corrected chi connectivity index (χ2v) is 7.09. The van der Waals surface area contributed by atoms with Gasteiger partial charge in [-0.05, 0) is 31.7 Å². The molecule has 1 heterocycles. The third kappa shape index (κ3) is 4.64. The first kappa shape index (κ1) is 21.4. The van der Waals surface area contributed by atoms with Crippen LogP contribution in [0.3, 0.4) is 0 Å². The molecule has 9 nitrogen and oxygen atoms in total. The minimum Gasteiger partial charge on any atom is -0.323 e. The van der Waals surface area contributed by atoms with Crippen LogP contribution in [0.5, 0.6) is 0 Å². The summed E-state index contributed by atoms with van der Waals surface area (Å²) in [5.41, 5.74) is 0.475. The van der Waals surface area contributed by atoms with E-state index >= 15 is 0 Å². The predicted molar refractivity (Wildman–Crippen MR) is 115 cm³/mol. The number of halogens is 1. The van der Waals surface area contributed by atoms with Gasteiger partial charge in [-0.3, -0.25) is 24.6 Å². The zero-order valence-corrected chi connectivity index (χ0v) is 17.1. The van der Waals surface area contributed by atoms with Gasteiger partial charge in [0.05, 0.1) is 39.1 Å². The lowest BCUT2D eigenvalue weighted by molar-refractivity contribution is -0.384. The van der Waals surface area contributed by atoms with Crippen LogP contribution in [0.1, 0.15) is 19.7 Å². The van der Waals surface area contributed by atoms with Gasteiger partial charge in [0.2, 0.25) is 5.91 Å². The van der Waals surface area contributed by atoms with Crippen molar-refractivity contribution < 1.29 is 9.72 Å². The van der Waals surface area contributed by atoms with Crippen molar-refractivity contribution in [1.82, 2.24) is 14.9 Å². The first-order valence-electron chi connectivity index (χ1n) is 9.27. The number of fused-ring (bicyclic) bond motifs is 1. The third-order valence-electron chi connectivity index (χ3n) is 4.77. The summed E-state index contributed by atoms with van der Waals surface area (Å²) >= 11 is 6.06. The Morgan fingerprint density at radius 2 is 2.07 bits per heavy atom. The number of hydrogen-bond donors (Lipinski definition) is 2. The molecule has 1 aromatic heterocycles. The lowest BCUT2D eigenvalue weighted by Gasteiger charge is -2.26. The topological polar surface area (TPSA) is 121 Å². The van der Waals surface area contributed by atoms with E-state index < -0.39 is 11.0 Å². The van der Waals surface area contributed by atoms with Crippen LogP contribution in [-0.4, -0.2) is 38.3 Å². The first-order chi connectivity index (χ1) is 14.3. The highest BCUT2D eigenvalue weighted by Gasteiger charge is 2.22. The Morgan fingerprint density at radius 3 is 2.73 bits per heavy atom. The van der Waals surface area contributed by atoms with Crippen LogP contribution in [-0.2, 0) is 11.3 Å². The molecule has 3 rings (SSSR count). The Morgan fingerprint density at radius 1 is 1.33 bits per heavy atom. The summed E-state index contributed by atoms with van der Waals surface area (Å²) in [5, 5.41) is 14.1. The number of nitro benzene ring substituents is 1. The fourth-order valence-corrected chi connectivity index (χ4v) is 3.27. The van der Waals surface area contributed by atoms with E-state index in [0.717, 1.165) is 0 Å². The van der Waals surface area contributed by atoms with Crippen molar-refractivity contribution in [3.05, 3.63) is 73.8 Å². The van der Waals surface area contributed by atoms with Gasteiger partial charge < -0.3 is 10.3 Å². The molecule has 1 unspecified atom stereocenters. The van der Waals surface area contributed by atoms with Gasteiger partial charge in [0, 0.05) is 12.1 Å². The summed E-state index contributed by atoms with van der Waals surface area (Å²) in [5.74, 6) is 0.115. The first-order valence-corrected chi connectivity index (χ1v) is 9.64. The molecule has 0 radical (unpaired) electrons. The number of non-ortho nitro benzene ring substituents is 1. The van der Waals surface area contributed by atoms with Gasteiger partial charge in [-0.25, -0.2) is 4.98 Å². The highest BCUT2D eigenvalue weighted by atomic mass is 35.5. The molecule has 0 aliphatic rings. The zero-order chi connectivity index (χ0) is 21.8. The van der Waals surface area contributed by atoms with E-state index in [-0.39, 0.29) is 34.4 Å². The largest absolute Gasteiger partial charge is 0.323 e. The Kier molecular flexibility index (Phi) is 6.43. The van der Waals surface area contributed by atoms with Crippen LogP contribution in [0.25, 0.3) is 10.9 Å². The van der Waals surface area contributed by atoms with Crippen LogP contribution in [0.2, 0.25) is 5.02 Å². The number of hydrogen-bond acceptors (Lipinski definition) is 6. The van der Waals surface area contributed by atoms with Crippen LogP contribution < -0.4 is 10.9 Å².